The van der Waals surface area contributed by atoms with Crippen LogP contribution in [0, 0.1) is 11.3 Å². The first-order chi connectivity index (χ1) is 12.2. The lowest BCUT2D eigenvalue weighted by Crippen LogP contribution is -2.37. The molecule has 0 atom stereocenters. The van der Waals surface area contributed by atoms with Crippen LogP contribution >= 0.6 is 11.3 Å². The summed E-state index contributed by atoms with van der Waals surface area (Å²) in [5.74, 6) is 0.437. The first-order valence-corrected chi connectivity index (χ1v) is 9.21. The molecule has 3 aromatic rings. The maximum atomic E-state index is 12.7. The monoisotopic (exact) mass is 347 g/mol. The van der Waals surface area contributed by atoms with Crippen LogP contribution in [0.15, 0.2) is 48.5 Å². The summed E-state index contributed by atoms with van der Waals surface area (Å²) in [5.41, 5.74) is 2.18. The molecule has 0 bridgehead atoms. The van der Waals surface area contributed by atoms with E-state index >= 15 is 0 Å². The molecule has 25 heavy (non-hydrogen) atoms. The number of carbonyl (C=O) groups excluding carboxylic acids is 1. The van der Waals surface area contributed by atoms with Gasteiger partial charge >= 0.3 is 0 Å². The summed E-state index contributed by atoms with van der Waals surface area (Å²) < 4.78 is 1.23. The Morgan fingerprint density at radius 2 is 1.96 bits per heavy atom. The zero-order chi connectivity index (χ0) is 17.2. The first kappa shape index (κ1) is 15.8. The summed E-state index contributed by atoms with van der Waals surface area (Å²) in [6.07, 6.45) is 1.87. The quantitative estimate of drug-likeness (QED) is 0.698. The van der Waals surface area contributed by atoms with Crippen LogP contribution < -0.4 is 0 Å². The summed E-state index contributed by atoms with van der Waals surface area (Å²) in [5, 5.41) is 10.2. The predicted octanol–water partition coefficient (Wildman–Crippen LogP) is 4.19. The fourth-order valence-electron chi connectivity index (χ4n) is 3.30. The average Bonchev–Trinajstić information content (AvgIpc) is 3.12. The molecule has 4 rings (SSSR count). The van der Waals surface area contributed by atoms with Gasteiger partial charge in [0, 0.05) is 24.6 Å². The van der Waals surface area contributed by atoms with Gasteiger partial charge in [-0.2, -0.15) is 5.26 Å². The SMILES string of the molecule is N#Cc1cccc(C(=O)N2CCC(c3nc4ccccc4s3)CC2)c1. The first-order valence-electron chi connectivity index (χ1n) is 8.39. The Kier molecular flexibility index (Phi) is 4.21. The molecule has 0 unspecified atom stereocenters. The highest BCUT2D eigenvalue weighted by Gasteiger charge is 2.26. The molecule has 1 aliphatic rings. The van der Waals surface area contributed by atoms with Crippen molar-refractivity contribution in [2.75, 3.05) is 13.1 Å². The predicted molar refractivity (Wildman–Crippen MR) is 98.7 cm³/mol. The van der Waals surface area contributed by atoms with Crippen molar-refractivity contribution in [3.8, 4) is 6.07 Å². The van der Waals surface area contributed by atoms with Crippen molar-refractivity contribution in [2.24, 2.45) is 0 Å². The molecule has 0 spiro atoms. The second-order valence-electron chi connectivity index (χ2n) is 6.28. The van der Waals surface area contributed by atoms with Crippen LogP contribution in [0.1, 0.15) is 39.7 Å². The van der Waals surface area contributed by atoms with Crippen molar-refractivity contribution < 1.29 is 4.79 Å². The maximum absolute atomic E-state index is 12.7. The topological polar surface area (TPSA) is 57.0 Å². The van der Waals surface area contributed by atoms with E-state index in [0.717, 1.165) is 31.4 Å². The number of nitrogens with zero attached hydrogens (tertiary/aromatic N) is 3. The standard InChI is InChI=1S/C20H17N3OS/c21-13-14-4-3-5-16(12-14)20(24)23-10-8-15(9-11-23)19-22-17-6-1-2-7-18(17)25-19/h1-7,12,15H,8-11H2. The summed E-state index contributed by atoms with van der Waals surface area (Å²) in [6, 6.07) is 17.2. The third kappa shape index (κ3) is 3.13. The summed E-state index contributed by atoms with van der Waals surface area (Å²) in [4.78, 5) is 19.3. The van der Waals surface area contributed by atoms with E-state index in [1.807, 2.05) is 17.0 Å². The number of piperidine rings is 1. The molecule has 0 saturated carbocycles. The summed E-state index contributed by atoms with van der Waals surface area (Å²) >= 11 is 1.76. The van der Waals surface area contributed by atoms with Gasteiger partial charge in [-0.25, -0.2) is 4.98 Å². The number of amides is 1. The van der Waals surface area contributed by atoms with Crippen molar-refractivity contribution in [3.05, 3.63) is 64.7 Å². The van der Waals surface area contributed by atoms with Gasteiger partial charge in [-0.05, 0) is 43.2 Å². The Hall–Kier alpha value is -2.71. The lowest BCUT2D eigenvalue weighted by Gasteiger charge is -2.31. The Bertz CT molecular complexity index is 931. The molecule has 4 nitrogen and oxygen atoms in total. The third-order valence-corrected chi connectivity index (χ3v) is 5.88. The van der Waals surface area contributed by atoms with Gasteiger partial charge in [-0.3, -0.25) is 4.79 Å². The Morgan fingerprint density at radius 3 is 2.72 bits per heavy atom. The number of hydrogen-bond donors (Lipinski definition) is 0. The minimum Gasteiger partial charge on any atom is -0.339 e. The fourth-order valence-corrected chi connectivity index (χ4v) is 4.44. The highest BCUT2D eigenvalue weighted by Crippen LogP contribution is 2.34. The number of thiazole rings is 1. The molecule has 1 aliphatic heterocycles. The smallest absolute Gasteiger partial charge is 0.253 e. The normalized spacial score (nSPS) is 15.2. The minimum absolute atomic E-state index is 0.0137. The number of benzene rings is 2. The number of rotatable bonds is 2. The molecular weight excluding hydrogens is 330 g/mol. The van der Waals surface area contributed by atoms with Crippen LogP contribution in [0.2, 0.25) is 0 Å². The molecule has 1 saturated heterocycles. The molecule has 1 amide bonds. The van der Waals surface area contributed by atoms with E-state index in [4.69, 9.17) is 10.2 Å². The Morgan fingerprint density at radius 1 is 1.16 bits per heavy atom. The van der Waals surface area contributed by atoms with E-state index in [9.17, 15) is 4.79 Å². The van der Waals surface area contributed by atoms with Gasteiger partial charge in [0.05, 0.1) is 26.9 Å². The number of nitriles is 1. The highest BCUT2D eigenvalue weighted by atomic mass is 32.1. The van der Waals surface area contributed by atoms with E-state index in [1.54, 1.807) is 35.6 Å². The number of hydrogen-bond acceptors (Lipinski definition) is 4. The zero-order valence-corrected chi connectivity index (χ0v) is 14.5. The third-order valence-electron chi connectivity index (χ3n) is 4.68. The van der Waals surface area contributed by atoms with Crippen LogP contribution in [-0.2, 0) is 0 Å². The van der Waals surface area contributed by atoms with Gasteiger partial charge in [0.1, 0.15) is 0 Å². The van der Waals surface area contributed by atoms with Crippen LogP contribution in [0.25, 0.3) is 10.2 Å². The highest BCUT2D eigenvalue weighted by molar-refractivity contribution is 7.18. The number of fused-ring (bicyclic) bond motifs is 1. The Labute approximate surface area is 150 Å². The number of aromatic nitrogens is 1. The molecule has 0 N–H and O–H groups in total. The molecule has 2 aromatic carbocycles. The maximum Gasteiger partial charge on any atom is 0.253 e. The van der Waals surface area contributed by atoms with E-state index < -0.39 is 0 Å². The van der Waals surface area contributed by atoms with E-state index in [2.05, 4.69) is 18.2 Å². The molecule has 1 fully saturated rings. The summed E-state index contributed by atoms with van der Waals surface area (Å²) in [7, 11) is 0. The van der Waals surface area contributed by atoms with Crippen molar-refractivity contribution in [3.63, 3.8) is 0 Å². The van der Waals surface area contributed by atoms with Crippen LogP contribution in [0.5, 0.6) is 0 Å². The van der Waals surface area contributed by atoms with Gasteiger partial charge in [0.25, 0.3) is 5.91 Å². The molecule has 2 heterocycles. The van der Waals surface area contributed by atoms with Crippen molar-refractivity contribution in [2.45, 2.75) is 18.8 Å². The van der Waals surface area contributed by atoms with Gasteiger partial charge < -0.3 is 4.90 Å². The average molecular weight is 347 g/mol. The molecule has 0 radical (unpaired) electrons. The number of para-hydroxylation sites is 1. The number of likely N-dealkylation sites (tertiary alicyclic amines) is 1. The van der Waals surface area contributed by atoms with E-state index in [1.165, 1.54) is 9.71 Å². The second-order valence-corrected chi connectivity index (χ2v) is 7.34. The van der Waals surface area contributed by atoms with Crippen molar-refractivity contribution in [1.82, 2.24) is 9.88 Å². The van der Waals surface area contributed by atoms with Crippen LogP contribution in [0.4, 0.5) is 0 Å². The van der Waals surface area contributed by atoms with Gasteiger partial charge in [0.2, 0.25) is 0 Å². The Balaban J connectivity index is 1.45. The van der Waals surface area contributed by atoms with Crippen molar-refractivity contribution in [1.29, 1.82) is 5.26 Å². The van der Waals surface area contributed by atoms with Gasteiger partial charge in [-0.15, -0.1) is 11.3 Å². The van der Waals surface area contributed by atoms with Crippen LogP contribution in [-0.4, -0.2) is 28.9 Å². The molecule has 5 heteroatoms. The largest absolute Gasteiger partial charge is 0.339 e. The van der Waals surface area contributed by atoms with Gasteiger partial charge in [-0.1, -0.05) is 18.2 Å². The lowest BCUT2D eigenvalue weighted by molar-refractivity contribution is 0.0713. The van der Waals surface area contributed by atoms with Crippen molar-refractivity contribution >= 4 is 27.5 Å². The van der Waals surface area contributed by atoms with E-state index in [0.29, 0.717) is 17.0 Å². The minimum atomic E-state index is 0.0137. The lowest BCUT2D eigenvalue weighted by atomic mass is 9.97. The van der Waals surface area contributed by atoms with Crippen LogP contribution in [0.3, 0.4) is 0 Å². The van der Waals surface area contributed by atoms with E-state index in [-0.39, 0.29) is 5.91 Å². The van der Waals surface area contributed by atoms with Gasteiger partial charge in [0.15, 0.2) is 0 Å². The molecular formula is C20H17N3OS. The molecule has 124 valence electrons. The summed E-state index contributed by atoms with van der Waals surface area (Å²) in [6.45, 7) is 1.46. The fraction of sp³-hybridized carbons (Fsp3) is 0.250. The number of carbonyl (C=O) groups is 1. The molecule has 0 aliphatic carbocycles. The molecule has 1 aromatic heterocycles. The zero-order valence-electron chi connectivity index (χ0n) is 13.7. The second kappa shape index (κ2) is 6.66.